The summed E-state index contributed by atoms with van der Waals surface area (Å²) in [4.78, 5) is 1.53. The second-order valence-corrected chi connectivity index (χ2v) is 6.39. The Bertz CT molecular complexity index is 846. The summed E-state index contributed by atoms with van der Waals surface area (Å²) in [5.74, 6) is 1.23. The first-order chi connectivity index (χ1) is 9.43. The minimum atomic E-state index is 1.22. The van der Waals surface area contributed by atoms with Gasteiger partial charge in [-0.2, -0.15) is 0 Å². The summed E-state index contributed by atoms with van der Waals surface area (Å²) in [7, 11) is 0. The molecule has 0 amide bonds. The van der Waals surface area contributed by atoms with Gasteiger partial charge in [0.05, 0.1) is 0 Å². The number of fused-ring (bicyclic) bond motifs is 5. The van der Waals surface area contributed by atoms with Crippen molar-refractivity contribution in [2.24, 2.45) is 0 Å². The highest BCUT2D eigenvalue weighted by Crippen LogP contribution is 2.53. The summed E-state index contributed by atoms with van der Waals surface area (Å²) in [5, 5.41) is 2.88. The molecule has 3 aromatic rings. The van der Waals surface area contributed by atoms with Gasteiger partial charge in [0.2, 0.25) is 0 Å². The SMILES string of the molecule is c1ccc2c(c1)-c1cccc3cc4c(c-2c13)SCC4. The average molecular weight is 260 g/mol. The van der Waals surface area contributed by atoms with Crippen LogP contribution in [0.25, 0.3) is 33.0 Å². The van der Waals surface area contributed by atoms with Gasteiger partial charge in [0.25, 0.3) is 0 Å². The minimum Gasteiger partial charge on any atom is -0.125 e. The van der Waals surface area contributed by atoms with E-state index < -0.39 is 0 Å². The largest absolute Gasteiger partial charge is 0.125 e. The van der Waals surface area contributed by atoms with Crippen molar-refractivity contribution in [2.45, 2.75) is 11.3 Å². The van der Waals surface area contributed by atoms with Crippen molar-refractivity contribution in [3.8, 4) is 22.3 Å². The van der Waals surface area contributed by atoms with Crippen molar-refractivity contribution in [1.29, 1.82) is 0 Å². The van der Waals surface area contributed by atoms with Crippen molar-refractivity contribution in [3.05, 3.63) is 54.1 Å². The fourth-order valence-electron chi connectivity index (χ4n) is 3.53. The van der Waals surface area contributed by atoms with Gasteiger partial charge < -0.3 is 0 Å². The van der Waals surface area contributed by atoms with E-state index in [4.69, 9.17) is 0 Å². The van der Waals surface area contributed by atoms with Crippen LogP contribution in [0.5, 0.6) is 0 Å². The Kier molecular flexibility index (Phi) is 1.82. The lowest BCUT2D eigenvalue weighted by molar-refractivity contribution is 1.16. The summed E-state index contributed by atoms with van der Waals surface area (Å²) in [6.07, 6.45) is 1.22. The zero-order chi connectivity index (χ0) is 12.4. The van der Waals surface area contributed by atoms with Crippen molar-refractivity contribution in [2.75, 3.05) is 5.75 Å². The van der Waals surface area contributed by atoms with E-state index in [1.165, 1.54) is 50.1 Å². The summed E-state index contributed by atoms with van der Waals surface area (Å²) >= 11 is 2.03. The summed E-state index contributed by atoms with van der Waals surface area (Å²) in [5.41, 5.74) is 7.30. The van der Waals surface area contributed by atoms with Crippen LogP contribution < -0.4 is 0 Å². The van der Waals surface area contributed by atoms with Crippen LogP contribution in [0.4, 0.5) is 0 Å². The second-order valence-electron chi connectivity index (χ2n) is 5.29. The smallest absolute Gasteiger partial charge is 0.0190 e. The van der Waals surface area contributed by atoms with E-state index in [1.54, 1.807) is 5.56 Å². The highest BCUT2D eigenvalue weighted by atomic mass is 32.2. The molecular formula is C18H12S. The molecule has 0 saturated heterocycles. The number of hydrogen-bond acceptors (Lipinski definition) is 1. The molecule has 0 saturated carbocycles. The first kappa shape index (κ1) is 10.1. The molecule has 3 aromatic carbocycles. The van der Waals surface area contributed by atoms with E-state index in [9.17, 15) is 0 Å². The van der Waals surface area contributed by atoms with Gasteiger partial charge in [0.15, 0.2) is 0 Å². The average Bonchev–Trinajstić information content (AvgIpc) is 3.03. The van der Waals surface area contributed by atoms with Crippen molar-refractivity contribution in [3.63, 3.8) is 0 Å². The number of hydrogen-bond donors (Lipinski definition) is 0. The van der Waals surface area contributed by atoms with Gasteiger partial charge in [0.1, 0.15) is 0 Å². The predicted octanol–water partition coefficient (Wildman–Crippen LogP) is 5.14. The molecule has 0 N–H and O–H groups in total. The van der Waals surface area contributed by atoms with E-state index in [0.29, 0.717) is 0 Å². The Balaban J connectivity index is 2.07. The molecule has 1 heteroatoms. The number of thioether (sulfide) groups is 1. The van der Waals surface area contributed by atoms with Gasteiger partial charge in [-0.3, -0.25) is 0 Å². The molecule has 0 bridgehead atoms. The molecule has 0 unspecified atom stereocenters. The Labute approximate surface area is 116 Å². The molecule has 0 radical (unpaired) electrons. The molecule has 5 rings (SSSR count). The summed E-state index contributed by atoms with van der Waals surface area (Å²) < 4.78 is 0. The van der Waals surface area contributed by atoms with Gasteiger partial charge >= 0.3 is 0 Å². The minimum absolute atomic E-state index is 1.22. The fourth-order valence-corrected chi connectivity index (χ4v) is 4.76. The van der Waals surface area contributed by atoms with Crippen LogP contribution in [0.2, 0.25) is 0 Å². The lowest BCUT2D eigenvalue weighted by Gasteiger charge is -2.08. The Hall–Kier alpha value is -1.73. The van der Waals surface area contributed by atoms with Crippen LogP contribution in [0, 0.1) is 0 Å². The highest BCUT2D eigenvalue weighted by molar-refractivity contribution is 7.99. The van der Waals surface area contributed by atoms with Crippen molar-refractivity contribution < 1.29 is 0 Å². The normalized spacial score (nSPS) is 14.7. The van der Waals surface area contributed by atoms with E-state index >= 15 is 0 Å². The third kappa shape index (κ3) is 1.17. The zero-order valence-electron chi connectivity index (χ0n) is 10.4. The summed E-state index contributed by atoms with van der Waals surface area (Å²) in [6.45, 7) is 0. The van der Waals surface area contributed by atoms with Crippen molar-refractivity contribution in [1.82, 2.24) is 0 Å². The fraction of sp³-hybridized carbons (Fsp3) is 0.111. The van der Waals surface area contributed by atoms with E-state index in [-0.39, 0.29) is 0 Å². The van der Waals surface area contributed by atoms with E-state index in [0.717, 1.165) is 0 Å². The van der Waals surface area contributed by atoms with Crippen LogP contribution >= 0.6 is 11.8 Å². The standard InChI is InChI=1S/C18H12S/c1-2-6-15-13(5-1)14-7-3-4-11-10-12-8-9-19-18(12)17(15)16(11)14/h1-7,10H,8-9H2. The first-order valence-corrected chi connectivity index (χ1v) is 7.73. The van der Waals surface area contributed by atoms with Gasteiger partial charge in [-0.15, -0.1) is 11.8 Å². The van der Waals surface area contributed by atoms with E-state index in [1.807, 2.05) is 11.8 Å². The molecule has 19 heavy (non-hydrogen) atoms. The van der Waals surface area contributed by atoms with Gasteiger partial charge in [0, 0.05) is 16.2 Å². The second kappa shape index (κ2) is 3.43. The quantitative estimate of drug-likeness (QED) is 0.422. The number of rotatable bonds is 0. The molecule has 2 aliphatic rings. The van der Waals surface area contributed by atoms with Crippen LogP contribution in [0.15, 0.2) is 53.4 Å². The Morgan fingerprint density at radius 1 is 0.842 bits per heavy atom. The molecule has 1 aliphatic heterocycles. The highest BCUT2D eigenvalue weighted by Gasteiger charge is 2.27. The van der Waals surface area contributed by atoms with Crippen LogP contribution in [-0.4, -0.2) is 5.75 Å². The molecule has 0 atom stereocenters. The monoisotopic (exact) mass is 260 g/mol. The third-order valence-electron chi connectivity index (χ3n) is 4.30. The maximum absolute atomic E-state index is 2.41. The molecule has 0 aromatic heterocycles. The van der Waals surface area contributed by atoms with Gasteiger partial charge in [-0.05, 0) is 45.5 Å². The van der Waals surface area contributed by atoms with Crippen molar-refractivity contribution >= 4 is 22.5 Å². The molecule has 0 spiro atoms. The Morgan fingerprint density at radius 3 is 2.63 bits per heavy atom. The van der Waals surface area contributed by atoms with Gasteiger partial charge in [-0.1, -0.05) is 42.5 Å². The van der Waals surface area contributed by atoms with Crippen LogP contribution in [0.1, 0.15) is 5.56 Å². The molecular weight excluding hydrogens is 248 g/mol. The predicted molar refractivity (Wildman–Crippen MR) is 82.8 cm³/mol. The lowest BCUT2D eigenvalue weighted by atomic mass is 9.99. The van der Waals surface area contributed by atoms with Crippen LogP contribution in [-0.2, 0) is 6.42 Å². The zero-order valence-corrected chi connectivity index (χ0v) is 11.3. The number of aryl methyl sites for hydroxylation is 1. The topological polar surface area (TPSA) is 0 Å². The van der Waals surface area contributed by atoms with Crippen LogP contribution in [0.3, 0.4) is 0 Å². The molecule has 90 valence electrons. The number of benzene rings is 3. The molecule has 0 fully saturated rings. The maximum atomic E-state index is 2.41. The third-order valence-corrected chi connectivity index (χ3v) is 5.46. The summed E-state index contributed by atoms with van der Waals surface area (Å²) in [6, 6.07) is 18.0. The maximum Gasteiger partial charge on any atom is 0.0190 e. The molecule has 0 nitrogen and oxygen atoms in total. The Morgan fingerprint density at radius 2 is 1.68 bits per heavy atom. The molecule has 1 aliphatic carbocycles. The van der Waals surface area contributed by atoms with Gasteiger partial charge in [-0.25, -0.2) is 0 Å². The first-order valence-electron chi connectivity index (χ1n) is 6.75. The lowest BCUT2D eigenvalue weighted by Crippen LogP contribution is -1.85. The molecule has 1 heterocycles. The van der Waals surface area contributed by atoms with E-state index in [2.05, 4.69) is 48.5 Å².